The maximum atomic E-state index is 6.11. The number of rotatable bonds is 7. The monoisotopic (exact) mass is 292 g/mol. The van der Waals surface area contributed by atoms with Crippen molar-refractivity contribution in [1.29, 1.82) is 0 Å². The van der Waals surface area contributed by atoms with Crippen LogP contribution < -0.4 is 10.1 Å². The topological polar surface area (TPSA) is 43.4 Å². The van der Waals surface area contributed by atoms with E-state index in [1.807, 2.05) is 18.3 Å². The Labute approximate surface area is 128 Å². The molecule has 0 spiro atoms. The number of nitrogens with one attached hydrogen (secondary N) is 1. The minimum Gasteiger partial charge on any atom is -0.490 e. The number of aromatic nitrogens is 1. The third kappa shape index (κ3) is 5.64. The molecule has 4 heteroatoms. The summed E-state index contributed by atoms with van der Waals surface area (Å²) in [5, 5.41) is 3.41. The van der Waals surface area contributed by atoms with E-state index in [1.54, 1.807) is 7.11 Å². The van der Waals surface area contributed by atoms with Gasteiger partial charge in [-0.1, -0.05) is 13.8 Å². The molecule has 1 aliphatic rings. The Balaban J connectivity index is 1.85. The molecule has 0 radical (unpaired) electrons. The first-order valence-corrected chi connectivity index (χ1v) is 8.02. The fourth-order valence-corrected chi connectivity index (χ4v) is 2.73. The lowest BCUT2D eigenvalue weighted by atomic mass is 9.95. The molecule has 1 aromatic rings. The Morgan fingerprint density at radius 1 is 1.33 bits per heavy atom. The van der Waals surface area contributed by atoms with Crippen LogP contribution in [0.25, 0.3) is 0 Å². The SMILES string of the molecule is COC1CCCC(Oc2ccnc(CNCC(C)C)c2)C1. The largest absolute Gasteiger partial charge is 0.490 e. The number of methoxy groups -OCH3 is 1. The van der Waals surface area contributed by atoms with E-state index in [2.05, 4.69) is 24.1 Å². The Morgan fingerprint density at radius 2 is 2.14 bits per heavy atom. The van der Waals surface area contributed by atoms with Gasteiger partial charge >= 0.3 is 0 Å². The quantitative estimate of drug-likeness (QED) is 0.838. The normalized spacial score (nSPS) is 22.5. The maximum Gasteiger partial charge on any atom is 0.123 e. The molecule has 0 aliphatic heterocycles. The van der Waals surface area contributed by atoms with E-state index >= 15 is 0 Å². The van der Waals surface area contributed by atoms with Crippen LogP contribution in [0.4, 0.5) is 0 Å². The van der Waals surface area contributed by atoms with E-state index in [9.17, 15) is 0 Å². The highest BCUT2D eigenvalue weighted by Gasteiger charge is 2.23. The summed E-state index contributed by atoms with van der Waals surface area (Å²) in [6.07, 6.45) is 6.87. The minimum atomic E-state index is 0.266. The summed E-state index contributed by atoms with van der Waals surface area (Å²) in [6.45, 7) is 6.20. The molecule has 1 heterocycles. The van der Waals surface area contributed by atoms with E-state index in [-0.39, 0.29) is 6.10 Å². The highest BCUT2D eigenvalue weighted by Crippen LogP contribution is 2.25. The van der Waals surface area contributed by atoms with Gasteiger partial charge in [-0.15, -0.1) is 0 Å². The fourth-order valence-electron chi connectivity index (χ4n) is 2.73. The summed E-state index contributed by atoms with van der Waals surface area (Å²) >= 11 is 0. The van der Waals surface area contributed by atoms with Crippen LogP contribution in [0.15, 0.2) is 18.3 Å². The van der Waals surface area contributed by atoms with E-state index in [1.165, 1.54) is 6.42 Å². The number of hydrogen-bond acceptors (Lipinski definition) is 4. The standard InChI is InChI=1S/C17H28N2O2/c1-13(2)11-18-12-14-9-17(7-8-19-14)21-16-6-4-5-15(10-16)20-3/h7-9,13,15-16,18H,4-6,10-12H2,1-3H3. The van der Waals surface area contributed by atoms with E-state index < -0.39 is 0 Å². The van der Waals surface area contributed by atoms with Crippen molar-refractivity contribution in [2.45, 2.75) is 58.3 Å². The highest BCUT2D eigenvalue weighted by molar-refractivity contribution is 5.23. The molecular formula is C17H28N2O2. The van der Waals surface area contributed by atoms with Gasteiger partial charge in [0.15, 0.2) is 0 Å². The van der Waals surface area contributed by atoms with Gasteiger partial charge in [-0.2, -0.15) is 0 Å². The van der Waals surface area contributed by atoms with Gasteiger partial charge in [0.05, 0.1) is 11.8 Å². The number of ether oxygens (including phenoxy) is 2. The zero-order chi connectivity index (χ0) is 15.1. The Kier molecular flexibility index (Phi) is 6.46. The average Bonchev–Trinajstić information content (AvgIpc) is 2.47. The molecule has 21 heavy (non-hydrogen) atoms. The first-order valence-electron chi connectivity index (χ1n) is 8.02. The molecule has 1 aromatic heterocycles. The molecular weight excluding hydrogens is 264 g/mol. The Bertz CT molecular complexity index is 423. The molecule has 0 saturated heterocycles. The number of hydrogen-bond donors (Lipinski definition) is 1. The number of nitrogens with zero attached hydrogens (tertiary/aromatic N) is 1. The van der Waals surface area contributed by atoms with Crippen molar-refractivity contribution in [3.05, 3.63) is 24.0 Å². The van der Waals surface area contributed by atoms with Gasteiger partial charge in [-0.05, 0) is 37.8 Å². The van der Waals surface area contributed by atoms with Gasteiger partial charge in [0.2, 0.25) is 0 Å². The first kappa shape index (κ1) is 16.2. The van der Waals surface area contributed by atoms with Crippen molar-refractivity contribution in [2.75, 3.05) is 13.7 Å². The van der Waals surface area contributed by atoms with Gasteiger partial charge in [-0.3, -0.25) is 4.98 Å². The molecule has 4 nitrogen and oxygen atoms in total. The molecule has 1 fully saturated rings. The predicted molar refractivity (Wildman–Crippen MR) is 84.5 cm³/mol. The van der Waals surface area contributed by atoms with Crippen molar-refractivity contribution < 1.29 is 9.47 Å². The molecule has 2 unspecified atom stereocenters. The molecule has 0 aromatic carbocycles. The van der Waals surface area contributed by atoms with Gasteiger partial charge in [0, 0.05) is 32.3 Å². The molecule has 2 rings (SSSR count). The third-order valence-corrected chi connectivity index (χ3v) is 3.86. The van der Waals surface area contributed by atoms with Crippen LogP contribution in [0.3, 0.4) is 0 Å². The molecule has 0 amide bonds. The maximum absolute atomic E-state index is 6.11. The lowest BCUT2D eigenvalue weighted by molar-refractivity contribution is 0.0209. The van der Waals surface area contributed by atoms with Crippen LogP contribution in [0.1, 0.15) is 45.2 Å². The van der Waals surface area contributed by atoms with Gasteiger partial charge < -0.3 is 14.8 Å². The molecule has 0 bridgehead atoms. The van der Waals surface area contributed by atoms with Crippen LogP contribution in [0.5, 0.6) is 5.75 Å². The van der Waals surface area contributed by atoms with Crippen molar-refractivity contribution in [1.82, 2.24) is 10.3 Å². The third-order valence-electron chi connectivity index (χ3n) is 3.86. The molecule has 1 N–H and O–H groups in total. The van der Waals surface area contributed by atoms with Crippen LogP contribution in [0, 0.1) is 5.92 Å². The predicted octanol–water partition coefficient (Wildman–Crippen LogP) is 3.16. The average molecular weight is 292 g/mol. The summed E-state index contributed by atoms with van der Waals surface area (Å²) < 4.78 is 11.6. The molecule has 1 saturated carbocycles. The van der Waals surface area contributed by atoms with Crippen molar-refractivity contribution in [2.24, 2.45) is 5.92 Å². The van der Waals surface area contributed by atoms with Gasteiger partial charge in [0.25, 0.3) is 0 Å². The zero-order valence-corrected chi connectivity index (χ0v) is 13.5. The molecule has 118 valence electrons. The van der Waals surface area contributed by atoms with Crippen LogP contribution in [0.2, 0.25) is 0 Å². The summed E-state index contributed by atoms with van der Waals surface area (Å²) in [7, 11) is 1.79. The zero-order valence-electron chi connectivity index (χ0n) is 13.5. The fraction of sp³-hybridized carbons (Fsp3) is 0.706. The van der Waals surface area contributed by atoms with Crippen molar-refractivity contribution in [3.8, 4) is 5.75 Å². The Hall–Kier alpha value is -1.13. The van der Waals surface area contributed by atoms with E-state index in [4.69, 9.17) is 9.47 Å². The summed E-state index contributed by atoms with van der Waals surface area (Å²) in [4.78, 5) is 4.39. The molecule has 2 atom stereocenters. The lowest BCUT2D eigenvalue weighted by Crippen LogP contribution is -2.29. The lowest BCUT2D eigenvalue weighted by Gasteiger charge is -2.28. The minimum absolute atomic E-state index is 0.266. The van der Waals surface area contributed by atoms with Crippen LogP contribution >= 0.6 is 0 Å². The summed E-state index contributed by atoms with van der Waals surface area (Å²) in [5.41, 5.74) is 1.03. The van der Waals surface area contributed by atoms with Gasteiger partial charge in [0.1, 0.15) is 11.9 Å². The Morgan fingerprint density at radius 3 is 2.90 bits per heavy atom. The smallest absolute Gasteiger partial charge is 0.123 e. The molecule has 1 aliphatic carbocycles. The van der Waals surface area contributed by atoms with Crippen LogP contribution in [-0.4, -0.2) is 30.8 Å². The summed E-state index contributed by atoms with van der Waals surface area (Å²) in [6, 6.07) is 3.99. The van der Waals surface area contributed by atoms with E-state index in [0.29, 0.717) is 12.0 Å². The van der Waals surface area contributed by atoms with Crippen molar-refractivity contribution >= 4 is 0 Å². The number of pyridine rings is 1. The van der Waals surface area contributed by atoms with Crippen LogP contribution in [-0.2, 0) is 11.3 Å². The second-order valence-electron chi connectivity index (χ2n) is 6.27. The second-order valence-corrected chi connectivity index (χ2v) is 6.27. The van der Waals surface area contributed by atoms with Gasteiger partial charge in [-0.25, -0.2) is 0 Å². The second kappa shape index (κ2) is 8.35. The van der Waals surface area contributed by atoms with Crippen molar-refractivity contribution in [3.63, 3.8) is 0 Å². The highest BCUT2D eigenvalue weighted by atomic mass is 16.5. The van der Waals surface area contributed by atoms with E-state index in [0.717, 1.165) is 43.8 Å². The first-order chi connectivity index (χ1) is 10.2. The summed E-state index contributed by atoms with van der Waals surface area (Å²) in [5.74, 6) is 1.57.